The summed E-state index contributed by atoms with van der Waals surface area (Å²) in [5, 5.41) is 15.3. The zero-order valence-electron chi connectivity index (χ0n) is 13.3. The van der Waals surface area contributed by atoms with Crippen molar-refractivity contribution in [2.24, 2.45) is 0 Å². The Kier molecular flexibility index (Phi) is 3.80. The second-order valence-corrected chi connectivity index (χ2v) is 5.68. The maximum Gasteiger partial charge on any atom is 0.183 e. The van der Waals surface area contributed by atoms with E-state index in [9.17, 15) is 0 Å². The van der Waals surface area contributed by atoms with Crippen LogP contribution < -0.4 is 5.32 Å². The van der Waals surface area contributed by atoms with E-state index in [1.165, 1.54) is 0 Å². The van der Waals surface area contributed by atoms with Crippen LogP contribution in [0, 0.1) is 6.92 Å². The topological polar surface area (TPSA) is 68.2 Å². The van der Waals surface area contributed by atoms with Gasteiger partial charge in [0.1, 0.15) is 11.5 Å². The second-order valence-electron chi connectivity index (χ2n) is 5.68. The average molecular weight is 319 g/mol. The summed E-state index contributed by atoms with van der Waals surface area (Å²) in [5.41, 5.74) is 4.03. The summed E-state index contributed by atoms with van der Waals surface area (Å²) in [6, 6.07) is 16.3. The van der Waals surface area contributed by atoms with E-state index in [0.717, 1.165) is 33.9 Å². The summed E-state index contributed by atoms with van der Waals surface area (Å²) in [5.74, 6) is 1.84. The molecule has 3 heterocycles. The zero-order valence-corrected chi connectivity index (χ0v) is 13.3. The number of furan rings is 1. The minimum atomic E-state index is 0.657. The molecular formula is C18H17N5O. The number of hydrogen-bond acceptors (Lipinski definition) is 5. The van der Waals surface area contributed by atoms with E-state index in [2.05, 4.69) is 39.0 Å². The minimum absolute atomic E-state index is 0.657. The number of aryl methyl sites for hydroxylation is 1. The van der Waals surface area contributed by atoms with Gasteiger partial charge in [0.25, 0.3) is 0 Å². The summed E-state index contributed by atoms with van der Waals surface area (Å²) in [7, 11) is 0. The normalized spacial score (nSPS) is 11.2. The highest BCUT2D eigenvalue weighted by Gasteiger charge is 2.09. The number of benzene rings is 1. The number of aromatic nitrogens is 4. The van der Waals surface area contributed by atoms with Gasteiger partial charge in [0.2, 0.25) is 0 Å². The van der Waals surface area contributed by atoms with Gasteiger partial charge in [-0.2, -0.15) is 4.52 Å². The Bertz CT molecular complexity index is 958. The molecule has 0 saturated heterocycles. The van der Waals surface area contributed by atoms with E-state index in [1.807, 2.05) is 43.5 Å². The molecule has 0 radical (unpaired) electrons. The molecule has 0 aliphatic heterocycles. The first-order valence-corrected chi connectivity index (χ1v) is 7.82. The van der Waals surface area contributed by atoms with Crippen molar-refractivity contribution in [1.29, 1.82) is 0 Å². The summed E-state index contributed by atoms with van der Waals surface area (Å²) in [6.45, 7) is 3.26. The molecule has 0 amide bonds. The van der Waals surface area contributed by atoms with Crippen molar-refractivity contribution in [2.45, 2.75) is 20.0 Å². The second kappa shape index (κ2) is 6.25. The van der Waals surface area contributed by atoms with Crippen molar-refractivity contribution in [3.63, 3.8) is 0 Å². The highest BCUT2D eigenvalue weighted by molar-refractivity contribution is 5.66. The Hall–Kier alpha value is -2.99. The largest absolute Gasteiger partial charge is 0.465 e. The van der Waals surface area contributed by atoms with Crippen molar-refractivity contribution < 1.29 is 4.42 Å². The van der Waals surface area contributed by atoms with Gasteiger partial charge in [-0.1, -0.05) is 30.3 Å². The predicted octanol–water partition coefficient (Wildman–Crippen LogP) is 2.98. The van der Waals surface area contributed by atoms with Crippen LogP contribution in [0.5, 0.6) is 0 Å². The van der Waals surface area contributed by atoms with Crippen LogP contribution in [0.3, 0.4) is 0 Å². The predicted molar refractivity (Wildman–Crippen MR) is 90.2 cm³/mol. The van der Waals surface area contributed by atoms with Gasteiger partial charge in [0, 0.05) is 23.9 Å². The van der Waals surface area contributed by atoms with Gasteiger partial charge in [0.05, 0.1) is 6.54 Å². The molecule has 24 heavy (non-hydrogen) atoms. The van der Waals surface area contributed by atoms with Crippen molar-refractivity contribution in [1.82, 2.24) is 25.4 Å². The van der Waals surface area contributed by atoms with E-state index in [1.54, 1.807) is 4.52 Å². The number of rotatable bonds is 5. The van der Waals surface area contributed by atoms with E-state index < -0.39 is 0 Å². The molecule has 120 valence electrons. The lowest BCUT2D eigenvalue weighted by Crippen LogP contribution is -2.13. The van der Waals surface area contributed by atoms with Crippen molar-refractivity contribution in [3.05, 3.63) is 71.8 Å². The molecular weight excluding hydrogens is 302 g/mol. The first-order valence-electron chi connectivity index (χ1n) is 7.82. The van der Waals surface area contributed by atoms with Crippen LogP contribution in [0.1, 0.15) is 17.1 Å². The summed E-state index contributed by atoms with van der Waals surface area (Å²) in [4.78, 5) is 0. The van der Waals surface area contributed by atoms with Gasteiger partial charge in [0.15, 0.2) is 5.65 Å². The molecule has 1 aromatic carbocycles. The number of tetrazole rings is 1. The van der Waals surface area contributed by atoms with Crippen LogP contribution in [0.2, 0.25) is 0 Å². The van der Waals surface area contributed by atoms with Crippen LogP contribution in [0.15, 0.2) is 59.1 Å². The lowest BCUT2D eigenvalue weighted by Gasteiger charge is -2.08. The van der Waals surface area contributed by atoms with Gasteiger partial charge in [-0.25, -0.2) is 0 Å². The maximum absolute atomic E-state index is 5.58. The Morgan fingerprint density at radius 2 is 1.92 bits per heavy atom. The number of hydrogen-bond donors (Lipinski definition) is 1. The number of pyridine rings is 1. The summed E-state index contributed by atoms with van der Waals surface area (Å²) >= 11 is 0. The molecule has 0 bridgehead atoms. The number of fused-ring (bicyclic) bond motifs is 1. The van der Waals surface area contributed by atoms with Crippen LogP contribution in [-0.4, -0.2) is 20.0 Å². The Labute approximate surface area is 139 Å². The van der Waals surface area contributed by atoms with E-state index in [-0.39, 0.29) is 0 Å². The third kappa shape index (κ3) is 2.91. The van der Waals surface area contributed by atoms with E-state index in [4.69, 9.17) is 4.42 Å². The molecule has 0 aliphatic rings. The molecule has 0 unspecified atom stereocenters. The van der Waals surface area contributed by atoms with Gasteiger partial charge < -0.3 is 9.73 Å². The standard InChI is InChI=1S/C18H17N5O/c1-13-7-8-17(24-13)11-19-10-15-9-16(14-5-3-2-4-6-14)12-23-18(15)20-21-22-23/h2-9,12,19H,10-11H2,1H3. The average Bonchev–Trinajstić information content (AvgIpc) is 3.24. The van der Waals surface area contributed by atoms with Crippen LogP contribution in [0.4, 0.5) is 0 Å². The fraction of sp³-hybridized carbons (Fsp3) is 0.167. The molecule has 1 N–H and O–H groups in total. The molecule has 3 aromatic heterocycles. The van der Waals surface area contributed by atoms with Crippen molar-refractivity contribution >= 4 is 5.65 Å². The Balaban J connectivity index is 1.60. The lowest BCUT2D eigenvalue weighted by molar-refractivity contribution is 0.462. The number of nitrogens with zero attached hydrogens (tertiary/aromatic N) is 4. The van der Waals surface area contributed by atoms with Crippen LogP contribution in [0.25, 0.3) is 16.8 Å². The van der Waals surface area contributed by atoms with E-state index in [0.29, 0.717) is 13.1 Å². The maximum atomic E-state index is 5.58. The van der Waals surface area contributed by atoms with Crippen molar-refractivity contribution in [3.8, 4) is 11.1 Å². The third-order valence-electron chi connectivity index (χ3n) is 3.89. The first-order chi connectivity index (χ1) is 11.8. The SMILES string of the molecule is Cc1ccc(CNCc2cc(-c3ccccc3)cn3nnnc23)o1. The lowest BCUT2D eigenvalue weighted by atomic mass is 10.1. The molecule has 4 rings (SSSR count). The smallest absolute Gasteiger partial charge is 0.183 e. The van der Waals surface area contributed by atoms with Gasteiger partial charge >= 0.3 is 0 Å². The minimum Gasteiger partial charge on any atom is -0.465 e. The fourth-order valence-corrected chi connectivity index (χ4v) is 2.73. The number of nitrogens with one attached hydrogen (secondary N) is 1. The molecule has 0 saturated carbocycles. The molecule has 0 aliphatic carbocycles. The summed E-state index contributed by atoms with van der Waals surface area (Å²) in [6.07, 6.45) is 1.95. The third-order valence-corrected chi connectivity index (χ3v) is 3.89. The Morgan fingerprint density at radius 1 is 1.04 bits per heavy atom. The van der Waals surface area contributed by atoms with Gasteiger partial charge in [-0.15, -0.1) is 5.10 Å². The first kappa shape index (κ1) is 14.6. The van der Waals surface area contributed by atoms with Gasteiger partial charge in [-0.05, 0) is 41.1 Å². The summed E-state index contributed by atoms with van der Waals surface area (Å²) < 4.78 is 7.30. The molecule has 4 aromatic rings. The molecule has 0 atom stereocenters. The van der Waals surface area contributed by atoms with Crippen LogP contribution >= 0.6 is 0 Å². The highest BCUT2D eigenvalue weighted by atomic mass is 16.3. The molecule has 6 heteroatoms. The monoisotopic (exact) mass is 319 g/mol. The molecule has 0 fully saturated rings. The van der Waals surface area contributed by atoms with Crippen molar-refractivity contribution in [2.75, 3.05) is 0 Å². The quantitative estimate of drug-likeness (QED) is 0.612. The zero-order chi connectivity index (χ0) is 16.4. The Morgan fingerprint density at radius 3 is 2.71 bits per heavy atom. The fourth-order valence-electron chi connectivity index (χ4n) is 2.73. The van der Waals surface area contributed by atoms with Crippen LogP contribution in [-0.2, 0) is 13.1 Å². The van der Waals surface area contributed by atoms with E-state index >= 15 is 0 Å². The molecule has 6 nitrogen and oxygen atoms in total. The highest BCUT2D eigenvalue weighted by Crippen LogP contribution is 2.21. The van der Waals surface area contributed by atoms with Gasteiger partial charge in [-0.3, -0.25) is 0 Å². The molecule has 0 spiro atoms.